The molecule has 0 aliphatic rings. The lowest BCUT2D eigenvalue weighted by molar-refractivity contribution is -0.480. The first-order chi connectivity index (χ1) is 7.50. The molecule has 1 aromatic rings. The third kappa shape index (κ3) is 3.51. The summed E-state index contributed by atoms with van der Waals surface area (Å²) in [5.41, 5.74) is 0.527. The highest BCUT2D eigenvalue weighted by atomic mass is 35.5. The van der Waals surface area contributed by atoms with Gasteiger partial charge in [0.2, 0.25) is 6.54 Å². The molecule has 1 unspecified atom stereocenters. The molecule has 1 aromatic carbocycles. The lowest BCUT2D eigenvalue weighted by atomic mass is 9.96. The molecule has 0 bridgehead atoms. The average Bonchev–Trinajstić information content (AvgIpc) is 2.20. The molecule has 0 spiro atoms. The van der Waals surface area contributed by atoms with Crippen LogP contribution in [0.4, 0.5) is 0 Å². The van der Waals surface area contributed by atoms with Gasteiger partial charge in [0.25, 0.3) is 0 Å². The highest BCUT2D eigenvalue weighted by Crippen LogP contribution is 2.21. The minimum atomic E-state index is -1.07. The molecule has 0 heterocycles. The number of hydrogen-bond donors (Lipinski definition) is 1. The largest absolute Gasteiger partial charge is 0.481 e. The van der Waals surface area contributed by atoms with Crippen molar-refractivity contribution in [3.05, 3.63) is 45.0 Å². The van der Waals surface area contributed by atoms with Gasteiger partial charge in [-0.25, -0.2) is 0 Å². The standard InChI is InChI=1S/C10H10ClNO4/c11-8-3-1-7(2-4-8)9(10(13)14)5-6-12(15)16/h1-4,9H,5-6H2,(H,13,14). The summed E-state index contributed by atoms with van der Waals surface area (Å²) >= 11 is 5.67. The van der Waals surface area contributed by atoms with Gasteiger partial charge in [-0.05, 0) is 17.7 Å². The molecule has 0 saturated heterocycles. The lowest BCUT2D eigenvalue weighted by Gasteiger charge is -2.10. The van der Waals surface area contributed by atoms with Crippen molar-refractivity contribution >= 4 is 17.6 Å². The number of rotatable bonds is 5. The maximum Gasteiger partial charge on any atom is 0.311 e. The Morgan fingerprint density at radius 2 is 2.00 bits per heavy atom. The summed E-state index contributed by atoms with van der Waals surface area (Å²) in [6, 6.07) is 6.28. The van der Waals surface area contributed by atoms with Gasteiger partial charge in [0.15, 0.2) is 0 Å². The van der Waals surface area contributed by atoms with Crippen molar-refractivity contribution < 1.29 is 14.8 Å². The number of aliphatic carboxylic acids is 1. The van der Waals surface area contributed by atoms with Crippen molar-refractivity contribution in [1.29, 1.82) is 0 Å². The van der Waals surface area contributed by atoms with Crippen molar-refractivity contribution in [3.8, 4) is 0 Å². The third-order valence-corrected chi connectivity index (χ3v) is 2.42. The number of carboxylic acids is 1. The fourth-order valence-electron chi connectivity index (χ4n) is 1.36. The summed E-state index contributed by atoms with van der Waals surface area (Å²) in [7, 11) is 0. The van der Waals surface area contributed by atoms with Gasteiger partial charge in [0.05, 0.1) is 5.92 Å². The molecule has 6 heteroatoms. The Kier molecular flexibility index (Phi) is 4.25. The highest BCUT2D eigenvalue weighted by molar-refractivity contribution is 6.30. The monoisotopic (exact) mass is 243 g/mol. The van der Waals surface area contributed by atoms with Gasteiger partial charge in [0.1, 0.15) is 0 Å². The highest BCUT2D eigenvalue weighted by Gasteiger charge is 2.21. The fraction of sp³-hybridized carbons (Fsp3) is 0.300. The Bertz CT molecular complexity index is 390. The molecule has 1 rings (SSSR count). The summed E-state index contributed by atoms with van der Waals surface area (Å²) in [5.74, 6) is -1.92. The molecule has 0 aliphatic carbocycles. The fourth-order valence-corrected chi connectivity index (χ4v) is 1.49. The van der Waals surface area contributed by atoms with Crippen LogP contribution in [0.25, 0.3) is 0 Å². The maximum atomic E-state index is 10.9. The summed E-state index contributed by atoms with van der Waals surface area (Å²) in [4.78, 5) is 20.6. The van der Waals surface area contributed by atoms with Crippen LogP contribution < -0.4 is 0 Å². The summed E-state index contributed by atoms with van der Waals surface area (Å²) in [6.07, 6.45) is -0.0238. The molecule has 1 atom stereocenters. The van der Waals surface area contributed by atoms with Gasteiger partial charge in [-0.15, -0.1) is 0 Å². The van der Waals surface area contributed by atoms with Gasteiger partial charge < -0.3 is 5.11 Å². The molecule has 0 fully saturated rings. The number of halogens is 1. The van der Waals surface area contributed by atoms with E-state index in [1.54, 1.807) is 24.3 Å². The Labute approximate surface area is 96.8 Å². The summed E-state index contributed by atoms with van der Waals surface area (Å²) in [5, 5.41) is 19.7. The predicted molar refractivity (Wildman–Crippen MR) is 58.3 cm³/mol. The van der Waals surface area contributed by atoms with Crippen LogP contribution in [0.1, 0.15) is 17.9 Å². The summed E-state index contributed by atoms with van der Waals surface area (Å²) in [6.45, 7) is -0.362. The van der Waals surface area contributed by atoms with Crippen LogP contribution in [0, 0.1) is 10.1 Å². The van der Waals surface area contributed by atoms with E-state index in [1.807, 2.05) is 0 Å². The molecule has 0 aromatic heterocycles. The molecular weight excluding hydrogens is 234 g/mol. The molecule has 1 N–H and O–H groups in total. The Balaban J connectivity index is 2.81. The smallest absolute Gasteiger partial charge is 0.311 e. The van der Waals surface area contributed by atoms with Crippen LogP contribution in [0.2, 0.25) is 5.02 Å². The zero-order valence-corrected chi connectivity index (χ0v) is 9.05. The Morgan fingerprint density at radius 3 is 2.44 bits per heavy atom. The zero-order valence-electron chi connectivity index (χ0n) is 8.30. The molecule has 0 aliphatic heterocycles. The van der Waals surface area contributed by atoms with E-state index in [9.17, 15) is 14.9 Å². The maximum absolute atomic E-state index is 10.9. The van der Waals surface area contributed by atoms with Crippen LogP contribution in [0.5, 0.6) is 0 Å². The van der Waals surface area contributed by atoms with Crippen LogP contribution in [0.3, 0.4) is 0 Å². The second-order valence-electron chi connectivity index (χ2n) is 3.29. The molecule has 0 saturated carbocycles. The molecule has 0 radical (unpaired) electrons. The first-order valence-electron chi connectivity index (χ1n) is 4.61. The van der Waals surface area contributed by atoms with E-state index in [0.29, 0.717) is 10.6 Å². The molecule has 5 nitrogen and oxygen atoms in total. The number of benzene rings is 1. The minimum Gasteiger partial charge on any atom is -0.481 e. The number of nitrogens with zero attached hydrogens (tertiary/aromatic N) is 1. The first kappa shape index (κ1) is 12.4. The lowest BCUT2D eigenvalue weighted by Crippen LogP contribution is -2.15. The van der Waals surface area contributed by atoms with Gasteiger partial charge in [-0.1, -0.05) is 23.7 Å². The van der Waals surface area contributed by atoms with Gasteiger partial charge >= 0.3 is 5.97 Å². The SMILES string of the molecule is O=C(O)C(CC[N+](=O)[O-])c1ccc(Cl)cc1. The summed E-state index contributed by atoms with van der Waals surface area (Å²) < 4.78 is 0. The molecule has 16 heavy (non-hydrogen) atoms. The van der Waals surface area contributed by atoms with Crippen molar-refractivity contribution in [2.75, 3.05) is 6.54 Å². The van der Waals surface area contributed by atoms with Crippen molar-refractivity contribution in [2.45, 2.75) is 12.3 Å². The number of carbonyl (C=O) groups is 1. The third-order valence-electron chi connectivity index (χ3n) is 2.17. The van der Waals surface area contributed by atoms with E-state index in [-0.39, 0.29) is 13.0 Å². The number of carboxylic acid groups (broad SMARTS) is 1. The normalized spacial score (nSPS) is 12.1. The van der Waals surface area contributed by atoms with E-state index in [1.165, 1.54) is 0 Å². The predicted octanol–water partition coefficient (Wildman–Crippen LogP) is 2.17. The van der Waals surface area contributed by atoms with Crippen LogP contribution in [-0.4, -0.2) is 22.5 Å². The Morgan fingerprint density at radius 1 is 1.44 bits per heavy atom. The van der Waals surface area contributed by atoms with Crippen LogP contribution >= 0.6 is 11.6 Å². The number of hydrogen-bond acceptors (Lipinski definition) is 3. The number of nitro groups is 1. The van der Waals surface area contributed by atoms with E-state index in [4.69, 9.17) is 16.7 Å². The van der Waals surface area contributed by atoms with E-state index < -0.39 is 16.8 Å². The van der Waals surface area contributed by atoms with Crippen molar-refractivity contribution in [1.82, 2.24) is 0 Å². The molecule has 0 amide bonds. The van der Waals surface area contributed by atoms with Gasteiger partial charge in [-0.2, -0.15) is 0 Å². The second kappa shape index (κ2) is 5.46. The first-order valence-corrected chi connectivity index (χ1v) is 4.98. The van der Waals surface area contributed by atoms with Gasteiger partial charge in [-0.3, -0.25) is 14.9 Å². The van der Waals surface area contributed by atoms with Crippen molar-refractivity contribution in [3.63, 3.8) is 0 Å². The Hall–Kier alpha value is -1.62. The molecular formula is C10H10ClNO4. The zero-order chi connectivity index (χ0) is 12.1. The van der Waals surface area contributed by atoms with E-state index >= 15 is 0 Å². The van der Waals surface area contributed by atoms with Crippen LogP contribution in [-0.2, 0) is 4.79 Å². The van der Waals surface area contributed by atoms with Gasteiger partial charge in [0, 0.05) is 16.4 Å². The van der Waals surface area contributed by atoms with Crippen LogP contribution in [0.15, 0.2) is 24.3 Å². The topological polar surface area (TPSA) is 80.4 Å². The van der Waals surface area contributed by atoms with E-state index in [0.717, 1.165) is 0 Å². The minimum absolute atomic E-state index is 0.0238. The molecule has 86 valence electrons. The van der Waals surface area contributed by atoms with Crippen molar-refractivity contribution in [2.24, 2.45) is 0 Å². The quantitative estimate of drug-likeness (QED) is 0.635. The van der Waals surface area contributed by atoms with E-state index in [2.05, 4.69) is 0 Å². The second-order valence-corrected chi connectivity index (χ2v) is 3.72. The average molecular weight is 244 g/mol.